The Bertz CT molecular complexity index is 83.4. The van der Waals surface area contributed by atoms with E-state index in [1.54, 1.807) is 6.92 Å². The first kappa shape index (κ1) is 7.72. The molecule has 1 N–H and O–H groups in total. The van der Waals surface area contributed by atoms with Gasteiger partial charge in [0.05, 0.1) is 0 Å². The van der Waals surface area contributed by atoms with Crippen molar-refractivity contribution in [3.8, 4) is 0 Å². The quantitative estimate of drug-likeness (QED) is 0.584. The first-order chi connectivity index (χ1) is 3.68. The van der Waals surface area contributed by atoms with Crippen molar-refractivity contribution in [2.24, 2.45) is 0 Å². The van der Waals surface area contributed by atoms with E-state index in [1.807, 2.05) is 0 Å². The topological polar surface area (TPSA) is 46.5 Å². The maximum atomic E-state index is 9.83. The predicted octanol–water partition coefficient (Wildman–Crippen LogP) is 0.672. The van der Waals surface area contributed by atoms with Gasteiger partial charge in [0.25, 0.3) is 0 Å². The van der Waals surface area contributed by atoms with E-state index in [0.717, 1.165) is 0 Å². The standard InChI is InChI=1S/C4H7ClO3/c1-2-8-3(5)4(6)7/h3H,2H2,1H3,(H,6,7). The van der Waals surface area contributed by atoms with Gasteiger partial charge in [-0.05, 0) is 6.92 Å². The molecule has 0 aromatic carbocycles. The molecule has 0 amide bonds. The largest absolute Gasteiger partial charge is 0.478 e. The smallest absolute Gasteiger partial charge is 0.348 e. The minimum atomic E-state index is -1.19. The summed E-state index contributed by atoms with van der Waals surface area (Å²) in [5.41, 5.74) is -1.19. The highest BCUT2D eigenvalue weighted by Gasteiger charge is 2.10. The number of aliphatic carboxylic acids is 1. The van der Waals surface area contributed by atoms with Gasteiger partial charge in [-0.3, -0.25) is 0 Å². The minimum Gasteiger partial charge on any atom is -0.478 e. The summed E-state index contributed by atoms with van der Waals surface area (Å²) in [6, 6.07) is 0. The van der Waals surface area contributed by atoms with Crippen LogP contribution in [0.15, 0.2) is 0 Å². The van der Waals surface area contributed by atoms with Crippen LogP contribution in [-0.4, -0.2) is 23.2 Å². The van der Waals surface area contributed by atoms with Crippen LogP contribution in [0.5, 0.6) is 0 Å². The summed E-state index contributed by atoms with van der Waals surface area (Å²) in [7, 11) is 0. The molecule has 0 saturated heterocycles. The summed E-state index contributed by atoms with van der Waals surface area (Å²) in [6.45, 7) is 2.00. The van der Waals surface area contributed by atoms with E-state index in [1.165, 1.54) is 0 Å². The van der Waals surface area contributed by atoms with Gasteiger partial charge in [-0.15, -0.1) is 0 Å². The minimum absolute atomic E-state index is 0.320. The van der Waals surface area contributed by atoms with Crippen molar-refractivity contribution < 1.29 is 14.6 Å². The zero-order valence-electron chi connectivity index (χ0n) is 4.43. The molecule has 0 rings (SSSR count). The van der Waals surface area contributed by atoms with E-state index in [4.69, 9.17) is 16.7 Å². The first-order valence-corrected chi connectivity index (χ1v) is 2.60. The molecule has 0 aliphatic rings. The zero-order chi connectivity index (χ0) is 6.57. The van der Waals surface area contributed by atoms with Gasteiger partial charge < -0.3 is 9.84 Å². The molecule has 48 valence electrons. The number of hydrogen-bond acceptors (Lipinski definition) is 2. The molecule has 0 spiro atoms. The van der Waals surface area contributed by atoms with Crippen LogP contribution in [0.25, 0.3) is 0 Å². The molecule has 0 fully saturated rings. The fourth-order valence-corrected chi connectivity index (χ4v) is 0.344. The molecule has 0 saturated carbocycles. The highest BCUT2D eigenvalue weighted by atomic mass is 35.5. The van der Waals surface area contributed by atoms with Crippen LogP contribution in [0.4, 0.5) is 0 Å². The maximum absolute atomic E-state index is 9.83. The Balaban J connectivity index is 3.32. The predicted molar refractivity (Wildman–Crippen MR) is 28.9 cm³/mol. The molecule has 1 unspecified atom stereocenters. The van der Waals surface area contributed by atoms with Crippen molar-refractivity contribution in [1.29, 1.82) is 0 Å². The third kappa shape index (κ3) is 2.82. The van der Waals surface area contributed by atoms with Crippen LogP contribution >= 0.6 is 11.6 Å². The van der Waals surface area contributed by atoms with E-state index in [0.29, 0.717) is 6.61 Å². The molecule has 0 aromatic heterocycles. The normalized spacial score (nSPS) is 13.2. The van der Waals surface area contributed by atoms with Gasteiger partial charge >= 0.3 is 5.97 Å². The molecule has 8 heavy (non-hydrogen) atoms. The van der Waals surface area contributed by atoms with E-state index in [-0.39, 0.29) is 0 Å². The van der Waals surface area contributed by atoms with Crippen molar-refractivity contribution in [2.75, 3.05) is 6.61 Å². The van der Waals surface area contributed by atoms with Gasteiger partial charge in [-0.25, -0.2) is 4.79 Å². The Morgan fingerprint density at radius 2 is 2.50 bits per heavy atom. The van der Waals surface area contributed by atoms with Gasteiger partial charge in [-0.1, -0.05) is 11.6 Å². The number of carboxylic acids is 1. The van der Waals surface area contributed by atoms with Gasteiger partial charge in [0.15, 0.2) is 0 Å². The summed E-state index contributed by atoms with van der Waals surface area (Å²) in [4.78, 5) is 9.83. The molecule has 0 aromatic rings. The van der Waals surface area contributed by atoms with E-state index >= 15 is 0 Å². The van der Waals surface area contributed by atoms with Crippen LogP contribution in [-0.2, 0) is 9.53 Å². The lowest BCUT2D eigenvalue weighted by atomic mass is 10.7. The van der Waals surface area contributed by atoms with E-state index in [9.17, 15) is 4.79 Å². The highest BCUT2D eigenvalue weighted by Crippen LogP contribution is 1.95. The summed E-state index contributed by atoms with van der Waals surface area (Å²) >= 11 is 5.09. The van der Waals surface area contributed by atoms with Gasteiger partial charge in [0, 0.05) is 6.61 Å². The lowest BCUT2D eigenvalue weighted by Crippen LogP contribution is -2.16. The fraction of sp³-hybridized carbons (Fsp3) is 0.750. The SMILES string of the molecule is CCOC(Cl)C(=O)O. The summed E-state index contributed by atoms with van der Waals surface area (Å²) in [5.74, 6) is -1.14. The number of halogens is 1. The molecule has 0 radical (unpaired) electrons. The Labute approximate surface area is 52.2 Å². The Morgan fingerprint density at radius 3 is 2.62 bits per heavy atom. The van der Waals surface area contributed by atoms with E-state index in [2.05, 4.69) is 4.74 Å². The molecular weight excluding hydrogens is 131 g/mol. The highest BCUT2D eigenvalue weighted by molar-refractivity contribution is 6.28. The average Bonchev–Trinajstić information content (AvgIpc) is 1.67. The lowest BCUT2D eigenvalue weighted by Gasteiger charge is -2.00. The van der Waals surface area contributed by atoms with Crippen LogP contribution in [0.2, 0.25) is 0 Å². The lowest BCUT2D eigenvalue weighted by molar-refractivity contribution is -0.144. The molecule has 0 bridgehead atoms. The second-order valence-electron chi connectivity index (χ2n) is 1.11. The van der Waals surface area contributed by atoms with E-state index < -0.39 is 11.5 Å². The fourth-order valence-electron chi connectivity index (χ4n) is 0.218. The van der Waals surface area contributed by atoms with Gasteiger partial charge in [0.2, 0.25) is 5.56 Å². The zero-order valence-corrected chi connectivity index (χ0v) is 5.18. The van der Waals surface area contributed by atoms with Crippen molar-refractivity contribution in [2.45, 2.75) is 12.5 Å². The Kier molecular flexibility index (Phi) is 3.56. The monoisotopic (exact) mass is 138 g/mol. The third-order valence-electron chi connectivity index (χ3n) is 0.507. The molecule has 4 heteroatoms. The average molecular weight is 139 g/mol. The van der Waals surface area contributed by atoms with Gasteiger partial charge in [-0.2, -0.15) is 0 Å². The van der Waals surface area contributed by atoms with Crippen LogP contribution < -0.4 is 0 Å². The number of rotatable bonds is 3. The molecular formula is C4H7ClO3. The molecule has 0 heterocycles. The summed E-state index contributed by atoms with van der Waals surface area (Å²) < 4.78 is 4.47. The maximum Gasteiger partial charge on any atom is 0.348 e. The van der Waals surface area contributed by atoms with Gasteiger partial charge in [0.1, 0.15) is 0 Å². The number of carboxylic acid groups (broad SMARTS) is 1. The molecule has 1 atom stereocenters. The number of ether oxygens (including phenoxy) is 1. The molecule has 0 aliphatic heterocycles. The summed E-state index contributed by atoms with van der Waals surface area (Å²) in [6.07, 6.45) is 0. The third-order valence-corrected chi connectivity index (χ3v) is 0.820. The second-order valence-corrected chi connectivity index (χ2v) is 1.51. The Morgan fingerprint density at radius 1 is 2.00 bits per heavy atom. The van der Waals surface area contributed by atoms with Crippen molar-refractivity contribution in [3.63, 3.8) is 0 Å². The van der Waals surface area contributed by atoms with Crippen LogP contribution in [0, 0.1) is 0 Å². The van der Waals surface area contributed by atoms with Crippen LogP contribution in [0.3, 0.4) is 0 Å². The Hall–Kier alpha value is -0.280. The molecule has 3 nitrogen and oxygen atoms in total. The van der Waals surface area contributed by atoms with Crippen LogP contribution in [0.1, 0.15) is 6.92 Å². The van der Waals surface area contributed by atoms with Crippen molar-refractivity contribution in [3.05, 3.63) is 0 Å². The summed E-state index contributed by atoms with van der Waals surface area (Å²) in [5, 5.41) is 8.06. The van der Waals surface area contributed by atoms with Crippen molar-refractivity contribution >= 4 is 17.6 Å². The number of carbonyl (C=O) groups is 1. The molecule has 0 aliphatic carbocycles. The number of hydrogen-bond donors (Lipinski definition) is 1. The first-order valence-electron chi connectivity index (χ1n) is 2.17. The second kappa shape index (κ2) is 3.69. The number of alkyl halides is 1. The van der Waals surface area contributed by atoms with Crippen molar-refractivity contribution in [1.82, 2.24) is 0 Å².